The van der Waals surface area contributed by atoms with Crippen molar-refractivity contribution in [3.63, 3.8) is 0 Å². The molecule has 1 heteroatoms. The van der Waals surface area contributed by atoms with E-state index in [4.69, 9.17) is 0 Å². The van der Waals surface area contributed by atoms with Gasteiger partial charge in [-0.1, -0.05) is 6.42 Å². The molecule has 1 saturated carbocycles. The second kappa shape index (κ2) is 2.29. The highest BCUT2D eigenvalue weighted by atomic mass is 14.7. The summed E-state index contributed by atoms with van der Waals surface area (Å²) in [5, 5.41) is 0. The molecule has 0 amide bonds. The summed E-state index contributed by atoms with van der Waals surface area (Å²) in [4.78, 5) is 4.13. The predicted octanol–water partition coefficient (Wildman–Crippen LogP) is 1.88. The van der Waals surface area contributed by atoms with Crippen LogP contribution in [0.15, 0.2) is 4.99 Å². The highest BCUT2D eigenvalue weighted by Gasteiger charge is 2.18. The third kappa shape index (κ3) is 0.908. The van der Waals surface area contributed by atoms with Crippen molar-refractivity contribution >= 4 is 5.71 Å². The summed E-state index contributed by atoms with van der Waals surface area (Å²) < 4.78 is 0. The van der Waals surface area contributed by atoms with Crippen molar-refractivity contribution in [2.24, 2.45) is 10.9 Å². The first kappa shape index (κ1) is 5.80. The van der Waals surface area contributed by atoms with Gasteiger partial charge in [-0.3, -0.25) is 4.99 Å². The molecule has 1 aliphatic carbocycles. The second-order valence-electron chi connectivity index (χ2n) is 2.49. The van der Waals surface area contributed by atoms with Gasteiger partial charge in [0.2, 0.25) is 0 Å². The third-order valence-corrected chi connectivity index (χ3v) is 2.05. The van der Waals surface area contributed by atoms with Gasteiger partial charge in [0, 0.05) is 12.8 Å². The molecular weight excluding hydrogens is 98.1 g/mol. The zero-order chi connectivity index (χ0) is 5.98. The van der Waals surface area contributed by atoms with E-state index in [1.54, 1.807) is 0 Å². The van der Waals surface area contributed by atoms with Crippen molar-refractivity contribution in [1.29, 1.82) is 0 Å². The fourth-order valence-electron chi connectivity index (χ4n) is 1.01. The quantitative estimate of drug-likeness (QED) is 0.458. The van der Waals surface area contributed by atoms with Gasteiger partial charge in [0.1, 0.15) is 0 Å². The topological polar surface area (TPSA) is 12.4 Å². The lowest BCUT2D eigenvalue weighted by atomic mass is 9.82. The SMILES string of the molecule is CN=C(C)C1CCC1. The molecule has 1 rings (SSSR count). The molecule has 0 aliphatic heterocycles. The Morgan fingerprint density at radius 3 is 2.25 bits per heavy atom. The zero-order valence-electron chi connectivity index (χ0n) is 5.65. The van der Waals surface area contributed by atoms with Crippen LogP contribution in [0.1, 0.15) is 26.2 Å². The lowest BCUT2D eigenvalue weighted by molar-refractivity contribution is 0.412. The first-order valence-electron chi connectivity index (χ1n) is 3.28. The summed E-state index contributed by atoms with van der Waals surface area (Å²) in [5.41, 5.74) is 1.34. The maximum Gasteiger partial charge on any atom is 0.0276 e. The van der Waals surface area contributed by atoms with Crippen LogP contribution in [0.4, 0.5) is 0 Å². The minimum atomic E-state index is 0.847. The maximum atomic E-state index is 4.13. The summed E-state index contributed by atoms with van der Waals surface area (Å²) in [6, 6.07) is 0. The van der Waals surface area contributed by atoms with Crippen LogP contribution in [-0.4, -0.2) is 12.8 Å². The van der Waals surface area contributed by atoms with E-state index in [0.717, 1.165) is 5.92 Å². The Morgan fingerprint density at radius 2 is 2.12 bits per heavy atom. The Kier molecular flexibility index (Phi) is 1.66. The van der Waals surface area contributed by atoms with Crippen molar-refractivity contribution < 1.29 is 0 Å². The van der Waals surface area contributed by atoms with Gasteiger partial charge in [-0.25, -0.2) is 0 Å². The van der Waals surface area contributed by atoms with Crippen LogP contribution in [0.3, 0.4) is 0 Å². The number of rotatable bonds is 1. The molecule has 0 heterocycles. The smallest absolute Gasteiger partial charge is 0.0276 e. The molecule has 1 aliphatic rings. The second-order valence-corrected chi connectivity index (χ2v) is 2.49. The van der Waals surface area contributed by atoms with Gasteiger partial charge in [0.05, 0.1) is 0 Å². The Labute approximate surface area is 50.8 Å². The molecule has 0 spiro atoms. The van der Waals surface area contributed by atoms with E-state index >= 15 is 0 Å². The average Bonchev–Trinajstić information content (AvgIpc) is 1.62. The Hall–Kier alpha value is -0.330. The van der Waals surface area contributed by atoms with Crippen LogP contribution in [0.2, 0.25) is 0 Å². The van der Waals surface area contributed by atoms with Crippen LogP contribution >= 0.6 is 0 Å². The molecule has 0 aromatic carbocycles. The van der Waals surface area contributed by atoms with Crippen LogP contribution in [0, 0.1) is 5.92 Å². The van der Waals surface area contributed by atoms with Gasteiger partial charge in [-0.05, 0) is 25.7 Å². The van der Waals surface area contributed by atoms with Crippen molar-refractivity contribution in [2.45, 2.75) is 26.2 Å². The molecular formula is C7H13N. The Bertz CT molecular complexity index is 101. The van der Waals surface area contributed by atoms with Crippen molar-refractivity contribution in [2.75, 3.05) is 7.05 Å². The van der Waals surface area contributed by atoms with Crippen molar-refractivity contribution in [1.82, 2.24) is 0 Å². The van der Waals surface area contributed by atoms with Crippen molar-refractivity contribution in [3.8, 4) is 0 Å². The van der Waals surface area contributed by atoms with E-state index in [9.17, 15) is 0 Å². The monoisotopic (exact) mass is 111 g/mol. The van der Waals surface area contributed by atoms with E-state index in [1.807, 2.05) is 7.05 Å². The highest BCUT2D eigenvalue weighted by Crippen LogP contribution is 2.27. The highest BCUT2D eigenvalue weighted by molar-refractivity contribution is 5.84. The molecule has 0 radical (unpaired) electrons. The summed E-state index contributed by atoms with van der Waals surface area (Å²) in [5.74, 6) is 0.847. The Balaban J connectivity index is 2.34. The van der Waals surface area contributed by atoms with Gasteiger partial charge in [-0.2, -0.15) is 0 Å². The zero-order valence-corrected chi connectivity index (χ0v) is 5.65. The lowest BCUT2D eigenvalue weighted by Crippen LogP contribution is -2.18. The predicted molar refractivity (Wildman–Crippen MR) is 36.4 cm³/mol. The van der Waals surface area contributed by atoms with E-state index in [0.29, 0.717) is 0 Å². The molecule has 0 N–H and O–H groups in total. The van der Waals surface area contributed by atoms with Crippen LogP contribution in [0.5, 0.6) is 0 Å². The van der Waals surface area contributed by atoms with Crippen LogP contribution in [-0.2, 0) is 0 Å². The van der Waals surface area contributed by atoms with Crippen LogP contribution in [0.25, 0.3) is 0 Å². The summed E-state index contributed by atoms with van der Waals surface area (Å²) in [6.45, 7) is 2.13. The van der Waals surface area contributed by atoms with Gasteiger partial charge in [-0.15, -0.1) is 0 Å². The standard InChI is InChI=1S/C7H13N/c1-6(8-2)7-4-3-5-7/h7H,3-5H2,1-2H3. The van der Waals surface area contributed by atoms with E-state index in [2.05, 4.69) is 11.9 Å². The number of hydrogen-bond donors (Lipinski definition) is 0. The number of hydrogen-bond acceptors (Lipinski definition) is 1. The van der Waals surface area contributed by atoms with E-state index in [1.165, 1.54) is 25.0 Å². The normalized spacial score (nSPS) is 23.0. The molecule has 0 bridgehead atoms. The maximum absolute atomic E-state index is 4.13. The summed E-state index contributed by atoms with van der Waals surface area (Å²) in [6.07, 6.45) is 4.17. The molecule has 0 aromatic heterocycles. The molecule has 46 valence electrons. The van der Waals surface area contributed by atoms with E-state index in [-0.39, 0.29) is 0 Å². The number of nitrogens with zero attached hydrogens (tertiary/aromatic N) is 1. The third-order valence-electron chi connectivity index (χ3n) is 2.05. The molecule has 0 saturated heterocycles. The minimum Gasteiger partial charge on any atom is -0.297 e. The Morgan fingerprint density at radius 1 is 1.50 bits per heavy atom. The fraction of sp³-hybridized carbons (Fsp3) is 0.857. The first-order valence-corrected chi connectivity index (χ1v) is 3.28. The molecule has 1 fully saturated rings. The molecule has 8 heavy (non-hydrogen) atoms. The average molecular weight is 111 g/mol. The molecule has 0 aromatic rings. The lowest BCUT2D eigenvalue weighted by Gasteiger charge is -2.24. The molecule has 1 nitrogen and oxygen atoms in total. The summed E-state index contributed by atoms with van der Waals surface area (Å²) in [7, 11) is 1.88. The molecule has 0 atom stereocenters. The van der Waals surface area contributed by atoms with Crippen LogP contribution < -0.4 is 0 Å². The number of aliphatic imine (C=N–C) groups is 1. The van der Waals surface area contributed by atoms with Gasteiger partial charge in [0.15, 0.2) is 0 Å². The first-order chi connectivity index (χ1) is 3.84. The van der Waals surface area contributed by atoms with Gasteiger partial charge < -0.3 is 0 Å². The van der Waals surface area contributed by atoms with Crippen molar-refractivity contribution in [3.05, 3.63) is 0 Å². The largest absolute Gasteiger partial charge is 0.297 e. The van der Waals surface area contributed by atoms with Gasteiger partial charge in [0.25, 0.3) is 0 Å². The fourth-order valence-corrected chi connectivity index (χ4v) is 1.01. The minimum absolute atomic E-state index is 0.847. The molecule has 0 unspecified atom stereocenters. The van der Waals surface area contributed by atoms with E-state index < -0.39 is 0 Å². The van der Waals surface area contributed by atoms with Gasteiger partial charge >= 0.3 is 0 Å². The summed E-state index contributed by atoms with van der Waals surface area (Å²) >= 11 is 0.